The van der Waals surface area contributed by atoms with Gasteiger partial charge in [0.15, 0.2) is 5.82 Å². The average molecular weight is 250 g/mol. The van der Waals surface area contributed by atoms with E-state index in [0.717, 1.165) is 0 Å². The van der Waals surface area contributed by atoms with Crippen molar-refractivity contribution in [2.24, 2.45) is 0 Å². The van der Waals surface area contributed by atoms with Crippen LogP contribution in [0.4, 0.5) is 0 Å². The number of hydrogen-bond acceptors (Lipinski definition) is 6. The third-order valence-electron chi connectivity index (χ3n) is 2.36. The van der Waals surface area contributed by atoms with Crippen molar-refractivity contribution in [3.63, 3.8) is 0 Å². The second-order valence-electron chi connectivity index (χ2n) is 3.54. The molecule has 1 aromatic carbocycles. The van der Waals surface area contributed by atoms with Crippen LogP contribution < -0.4 is 9.47 Å². The summed E-state index contributed by atoms with van der Waals surface area (Å²) in [7, 11) is 3.15. The first-order chi connectivity index (χ1) is 8.76. The minimum absolute atomic E-state index is 0.00682. The molecule has 0 atom stereocenters. The number of hydrogen-bond donors (Lipinski definition) is 1. The molecule has 2 rings (SSSR count). The van der Waals surface area contributed by atoms with Gasteiger partial charge in [-0.2, -0.15) is 0 Å². The summed E-state index contributed by atoms with van der Waals surface area (Å²) in [4.78, 5) is 1.37. The Kier molecular flexibility index (Phi) is 3.73. The molecule has 1 aromatic heterocycles. The van der Waals surface area contributed by atoms with Crippen LogP contribution >= 0.6 is 0 Å². The highest BCUT2D eigenvalue weighted by atomic mass is 16.5. The van der Waals surface area contributed by atoms with E-state index >= 15 is 0 Å². The standard InChI is InChI=1S/C11H14N4O3/c1-17-9-5-8(6-10(7-9)18-2)15-13-11(3-4-16)12-14-15/h5-7,16H,3-4H2,1-2H3. The normalized spacial score (nSPS) is 10.4. The number of aliphatic hydroxyl groups is 1. The van der Waals surface area contributed by atoms with Crippen molar-refractivity contribution in [2.45, 2.75) is 6.42 Å². The van der Waals surface area contributed by atoms with Crippen LogP contribution in [0.15, 0.2) is 18.2 Å². The van der Waals surface area contributed by atoms with Crippen LogP contribution in [0.25, 0.3) is 5.69 Å². The number of rotatable bonds is 5. The zero-order valence-electron chi connectivity index (χ0n) is 10.2. The molecule has 1 N–H and O–H groups in total. The van der Waals surface area contributed by atoms with E-state index in [4.69, 9.17) is 14.6 Å². The van der Waals surface area contributed by atoms with E-state index in [0.29, 0.717) is 29.4 Å². The Labute approximate surface area is 104 Å². The van der Waals surface area contributed by atoms with E-state index in [-0.39, 0.29) is 6.61 Å². The summed E-state index contributed by atoms with van der Waals surface area (Å²) in [5.74, 6) is 1.77. The van der Waals surface area contributed by atoms with Crippen LogP contribution in [0.2, 0.25) is 0 Å². The molecular formula is C11H14N4O3. The van der Waals surface area contributed by atoms with Crippen LogP contribution in [0, 0.1) is 0 Å². The molecule has 0 unspecified atom stereocenters. The van der Waals surface area contributed by atoms with Crippen molar-refractivity contribution in [2.75, 3.05) is 20.8 Å². The lowest BCUT2D eigenvalue weighted by molar-refractivity contribution is 0.296. The highest BCUT2D eigenvalue weighted by molar-refractivity contribution is 5.45. The van der Waals surface area contributed by atoms with Crippen molar-refractivity contribution < 1.29 is 14.6 Å². The molecule has 18 heavy (non-hydrogen) atoms. The van der Waals surface area contributed by atoms with Gasteiger partial charge in [0.1, 0.15) is 11.5 Å². The Morgan fingerprint density at radius 3 is 2.39 bits per heavy atom. The maximum Gasteiger partial charge on any atom is 0.177 e. The maximum absolute atomic E-state index is 8.81. The molecule has 2 aromatic rings. The maximum atomic E-state index is 8.81. The fourth-order valence-electron chi connectivity index (χ4n) is 1.46. The fourth-order valence-corrected chi connectivity index (χ4v) is 1.46. The molecule has 0 amide bonds. The zero-order valence-corrected chi connectivity index (χ0v) is 10.2. The van der Waals surface area contributed by atoms with Gasteiger partial charge in [-0.3, -0.25) is 0 Å². The third kappa shape index (κ3) is 2.57. The first-order valence-corrected chi connectivity index (χ1v) is 5.40. The van der Waals surface area contributed by atoms with Crippen LogP contribution in [0.3, 0.4) is 0 Å². The van der Waals surface area contributed by atoms with Crippen molar-refractivity contribution in [3.8, 4) is 17.2 Å². The van der Waals surface area contributed by atoms with E-state index in [1.807, 2.05) is 0 Å². The summed E-state index contributed by atoms with van der Waals surface area (Å²) in [6, 6.07) is 5.30. The second kappa shape index (κ2) is 5.46. The van der Waals surface area contributed by atoms with E-state index in [1.165, 1.54) is 4.80 Å². The fraction of sp³-hybridized carbons (Fsp3) is 0.364. The summed E-state index contributed by atoms with van der Waals surface area (Å²) in [6.45, 7) is -0.00682. The van der Waals surface area contributed by atoms with Crippen molar-refractivity contribution in [3.05, 3.63) is 24.0 Å². The monoisotopic (exact) mass is 250 g/mol. The molecule has 0 saturated heterocycles. The number of tetrazole rings is 1. The number of nitrogens with zero attached hydrogens (tertiary/aromatic N) is 4. The number of aliphatic hydroxyl groups excluding tert-OH is 1. The largest absolute Gasteiger partial charge is 0.497 e. The number of ether oxygens (including phenoxy) is 2. The predicted octanol–water partition coefficient (Wildman–Crippen LogP) is 0.214. The van der Waals surface area contributed by atoms with Crippen LogP contribution in [-0.2, 0) is 6.42 Å². The molecule has 1 heterocycles. The lowest BCUT2D eigenvalue weighted by Gasteiger charge is -2.06. The molecule has 0 spiro atoms. The predicted molar refractivity (Wildman–Crippen MR) is 63.0 cm³/mol. The minimum atomic E-state index is -0.00682. The van der Waals surface area contributed by atoms with Crippen molar-refractivity contribution >= 4 is 0 Å². The molecule has 0 bridgehead atoms. The molecule has 0 radical (unpaired) electrons. The van der Waals surface area contributed by atoms with Crippen molar-refractivity contribution in [1.82, 2.24) is 20.2 Å². The summed E-state index contributed by atoms with van der Waals surface area (Å²) in [5, 5.41) is 20.7. The molecular weight excluding hydrogens is 236 g/mol. The third-order valence-corrected chi connectivity index (χ3v) is 2.36. The van der Waals surface area contributed by atoms with Gasteiger partial charge in [-0.15, -0.1) is 15.0 Å². The Morgan fingerprint density at radius 1 is 1.17 bits per heavy atom. The molecule has 7 nitrogen and oxygen atoms in total. The van der Waals surface area contributed by atoms with Gasteiger partial charge >= 0.3 is 0 Å². The molecule has 7 heteroatoms. The Morgan fingerprint density at radius 2 is 1.83 bits per heavy atom. The number of methoxy groups -OCH3 is 2. The molecule has 0 aliphatic heterocycles. The smallest absolute Gasteiger partial charge is 0.177 e. The van der Waals surface area contributed by atoms with Crippen LogP contribution in [0.5, 0.6) is 11.5 Å². The topological polar surface area (TPSA) is 82.3 Å². The first-order valence-electron chi connectivity index (χ1n) is 5.40. The quantitative estimate of drug-likeness (QED) is 0.817. The van der Waals surface area contributed by atoms with Gasteiger partial charge in [-0.25, -0.2) is 0 Å². The van der Waals surface area contributed by atoms with Gasteiger partial charge in [0, 0.05) is 24.6 Å². The SMILES string of the molecule is COc1cc(OC)cc(-n2nnc(CCO)n2)c1. The molecule has 96 valence electrons. The summed E-state index contributed by atoms with van der Waals surface area (Å²) < 4.78 is 10.3. The molecule has 0 aliphatic carbocycles. The minimum Gasteiger partial charge on any atom is -0.497 e. The second-order valence-corrected chi connectivity index (χ2v) is 3.54. The lowest BCUT2D eigenvalue weighted by Crippen LogP contribution is -2.01. The molecule has 0 fully saturated rings. The van der Waals surface area contributed by atoms with Gasteiger partial charge in [0.25, 0.3) is 0 Å². The van der Waals surface area contributed by atoms with Gasteiger partial charge in [0.05, 0.1) is 26.5 Å². The van der Waals surface area contributed by atoms with E-state index in [9.17, 15) is 0 Å². The lowest BCUT2D eigenvalue weighted by atomic mass is 10.3. The van der Waals surface area contributed by atoms with Gasteiger partial charge in [-0.05, 0) is 5.21 Å². The number of aromatic nitrogens is 4. The van der Waals surface area contributed by atoms with E-state index in [2.05, 4.69) is 15.4 Å². The zero-order chi connectivity index (χ0) is 13.0. The Hall–Kier alpha value is -2.15. The van der Waals surface area contributed by atoms with E-state index < -0.39 is 0 Å². The van der Waals surface area contributed by atoms with Crippen LogP contribution in [-0.4, -0.2) is 46.1 Å². The Balaban J connectivity index is 2.35. The molecule has 0 aliphatic rings. The highest BCUT2D eigenvalue weighted by Crippen LogP contribution is 2.23. The number of benzene rings is 1. The van der Waals surface area contributed by atoms with Gasteiger partial charge in [0.2, 0.25) is 0 Å². The van der Waals surface area contributed by atoms with E-state index in [1.54, 1.807) is 32.4 Å². The van der Waals surface area contributed by atoms with Gasteiger partial charge in [-0.1, -0.05) is 0 Å². The highest BCUT2D eigenvalue weighted by Gasteiger charge is 2.08. The average Bonchev–Trinajstić information content (AvgIpc) is 2.87. The molecule has 0 saturated carbocycles. The first kappa shape index (κ1) is 12.3. The Bertz CT molecular complexity index is 505. The summed E-state index contributed by atoms with van der Waals surface area (Å²) in [5.41, 5.74) is 0.683. The summed E-state index contributed by atoms with van der Waals surface area (Å²) in [6.07, 6.45) is 0.376. The van der Waals surface area contributed by atoms with Crippen LogP contribution in [0.1, 0.15) is 5.82 Å². The van der Waals surface area contributed by atoms with Gasteiger partial charge < -0.3 is 14.6 Å². The van der Waals surface area contributed by atoms with Crippen molar-refractivity contribution in [1.29, 1.82) is 0 Å². The summed E-state index contributed by atoms with van der Waals surface area (Å²) >= 11 is 0.